The SMILES string of the molecule is CCc1cc(OCc2ccccc2)ccc1-c1ccc2c(-c3nc4c(n3Cc3ccccc3)CN(C(C)C)C(C(=O)OCc3ccccc3)C4)n[nH]c2c1. The Morgan fingerprint density at radius 1 is 0.833 bits per heavy atom. The predicted octanol–water partition coefficient (Wildman–Crippen LogP) is 9.16. The molecule has 54 heavy (non-hydrogen) atoms. The fraction of sp³-hybridized carbons (Fsp3) is 0.239. The molecule has 1 atom stereocenters. The number of fused-ring (bicyclic) bond motifs is 2. The number of aromatic nitrogens is 4. The third-order valence-corrected chi connectivity index (χ3v) is 10.4. The van der Waals surface area contributed by atoms with E-state index in [0.29, 0.717) is 26.1 Å². The lowest BCUT2D eigenvalue weighted by molar-refractivity contribution is -0.153. The number of rotatable bonds is 12. The number of ether oxygens (including phenoxy) is 2. The van der Waals surface area contributed by atoms with Gasteiger partial charge in [-0.05, 0) is 77.9 Å². The molecule has 8 rings (SSSR count). The number of esters is 1. The summed E-state index contributed by atoms with van der Waals surface area (Å²) in [6, 6.07) is 43.0. The monoisotopic (exact) mass is 715 g/mol. The molecule has 1 aliphatic rings. The summed E-state index contributed by atoms with van der Waals surface area (Å²) < 4.78 is 14.3. The van der Waals surface area contributed by atoms with Gasteiger partial charge in [0, 0.05) is 30.9 Å². The van der Waals surface area contributed by atoms with E-state index in [0.717, 1.165) is 62.7 Å². The highest BCUT2D eigenvalue weighted by atomic mass is 16.5. The van der Waals surface area contributed by atoms with Crippen LogP contribution in [0.2, 0.25) is 0 Å². The van der Waals surface area contributed by atoms with E-state index in [1.165, 1.54) is 16.7 Å². The second-order valence-electron chi connectivity index (χ2n) is 14.3. The highest BCUT2D eigenvalue weighted by Gasteiger charge is 2.38. The largest absolute Gasteiger partial charge is 0.489 e. The molecule has 0 aliphatic carbocycles. The molecular weight excluding hydrogens is 671 g/mol. The Kier molecular flexibility index (Phi) is 10.1. The molecule has 8 nitrogen and oxygen atoms in total. The number of benzene rings is 5. The first-order valence-electron chi connectivity index (χ1n) is 18.8. The zero-order valence-corrected chi connectivity index (χ0v) is 31.0. The number of nitrogens with zero attached hydrogens (tertiary/aromatic N) is 4. The Balaban J connectivity index is 1.11. The molecule has 1 N–H and O–H groups in total. The summed E-state index contributed by atoms with van der Waals surface area (Å²) in [6.45, 7) is 8.44. The maximum Gasteiger partial charge on any atom is 0.324 e. The smallest absolute Gasteiger partial charge is 0.324 e. The van der Waals surface area contributed by atoms with Gasteiger partial charge in [0.05, 0.1) is 16.9 Å². The number of aryl methyl sites for hydroxylation is 1. The Morgan fingerprint density at radius 2 is 1.52 bits per heavy atom. The van der Waals surface area contributed by atoms with Gasteiger partial charge in [-0.3, -0.25) is 14.8 Å². The molecule has 2 aromatic heterocycles. The lowest BCUT2D eigenvalue weighted by Crippen LogP contribution is -2.49. The van der Waals surface area contributed by atoms with Crippen molar-refractivity contribution in [2.24, 2.45) is 0 Å². The van der Waals surface area contributed by atoms with E-state index in [4.69, 9.17) is 19.6 Å². The third kappa shape index (κ3) is 7.30. The fourth-order valence-corrected chi connectivity index (χ4v) is 7.50. The Morgan fingerprint density at radius 3 is 2.20 bits per heavy atom. The van der Waals surface area contributed by atoms with E-state index >= 15 is 0 Å². The van der Waals surface area contributed by atoms with Gasteiger partial charge in [0.15, 0.2) is 5.82 Å². The molecule has 8 heteroatoms. The van der Waals surface area contributed by atoms with E-state index in [2.05, 4.69) is 108 Å². The van der Waals surface area contributed by atoms with Crippen molar-refractivity contribution >= 4 is 16.9 Å². The highest BCUT2D eigenvalue weighted by Crippen LogP contribution is 2.36. The van der Waals surface area contributed by atoms with Crippen LogP contribution < -0.4 is 4.74 Å². The summed E-state index contributed by atoms with van der Waals surface area (Å²) in [7, 11) is 0. The van der Waals surface area contributed by atoms with Crippen LogP contribution in [-0.2, 0) is 48.7 Å². The first-order valence-corrected chi connectivity index (χ1v) is 18.8. The van der Waals surface area contributed by atoms with Gasteiger partial charge in [-0.2, -0.15) is 5.10 Å². The van der Waals surface area contributed by atoms with Crippen LogP contribution in [0.5, 0.6) is 5.75 Å². The lowest BCUT2D eigenvalue weighted by Gasteiger charge is -2.37. The van der Waals surface area contributed by atoms with Crippen LogP contribution in [0.4, 0.5) is 0 Å². The van der Waals surface area contributed by atoms with E-state index in [-0.39, 0.29) is 18.6 Å². The standard InChI is InChI=1S/C46H45N5O3/c1-4-35-24-37(53-29-33-16-10-6-11-17-33)21-23-38(35)36-20-22-39-40(25-36)48-49-44(39)45-47-41-26-42(46(52)54-30-34-18-12-7-13-19-34)50(31(2)3)28-43(41)51(45)27-32-14-8-5-9-15-32/h5-25,31,42H,4,26-30H2,1-3H3,(H,48,49). The van der Waals surface area contributed by atoms with Crippen molar-refractivity contribution < 1.29 is 14.3 Å². The average molecular weight is 716 g/mol. The van der Waals surface area contributed by atoms with Gasteiger partial charge >= 0.3 is 5.97 Å². The molecule has 0 spiro atoms. The van der Waals surface area contributed by atoms with Crippen LogP contribution in [0.15, 0.2) is 127 Å². The topological polar surface area (TPSA) is 85.3 Å². The van der Waals surface area contributed by atoms with Crippen LogP contribution in [0, 0.1) is 0 Å². The molecule has 7 aromatic rings. The molecule has 1 unspecified atom stereocenters. The zero-order chi connectivity index (χ0) is 37.0. The minimum absolute atomic E-state index is 0.123. The van der Waals surface area contributed by atoms with Crippen LogP contribution in [0.3, 0.4) is 0 Å². The number of carbonyl (C=O) groups excluding carboxylic acids is 1. The van der Waals surface area contributed by atoms with E-state index in [1.807, 2.05) is 54.6 Å². The predicted molar refractivity (Wildman–Crippen MR) is 213 cm³/mol. The van der Waals surface area contributed by atoms with Crippen LogP contribution in [-0.4, -0.2) is 42.7 Å². The summed E-state index contributed by atoms with van der Waals surface area (Å²) in [5, 5.41) is 9.22. The number of nitrogens with one attached hydrogen (secondary N) is 1. The van der Waals surface area contributed by atoms with E-state index in [1.54, 1.807) is 0 Å². The van der Waals surface area contributed by atoms with Gasteiger partial charge in [0.1, 0.15) is 30.7 Å². The van der Waals surface area contributed by atoms with Crippen molar-refractivity contribution in [1.82, 2.24) is 24.6 Å². The molecule has 0 radical (unpaired) electrons. The Hall–Kier alpha value is -5.99. The van der Waals surface area contributed by atoms with Crippen molar-refractivity contribution in [3.8, 4) is 28.4 Å². The van der Waals surface area contributed by atoms with Crippen LogP contribution in [0.1, 0.15) is 54.4 Å². The highest BCUT2D eigenvalue weighted by molar-refractivity contribution is 5.94. The Labute approximate surface area is 316 Å². The molecule has 0 bridgehead atoms. The number of H-pyrrole nitrogens is 1. The van der Waals surface area contributed by atoms with Gasteiger partial charge in [0.2, 0.25) is 0 Å². The van der Waals surface area contributed by atoms with Crippen LogP contribution >= 0.6 is 0 Å². The molecule has 0 saturated carbocycles. The number of hydrogen-bond acceptors (Lipinski definition) is 6. The summed E-state index contributed by atoms with van der Waals surface area (Å²) in [6.07, 6.45) is 1.34. The van der Waals surface area contributed by atoms with Gasteiger partial charge < -0.3 is 14.0 Å². The van der Waals surface area contributed by atoms with Gasteiger partial charge in [-0.25, -0.2) is 4.98 Å². The molecule has 0 saturated heterocycles. The molecule has 5 aromatic carbocycles. The van der Waals surface area contributed by atoms with Crippen LogP contribution in [0.25, 0.3) is 33.5 Å². The second-order valence-corrected chi connectivity index (χ2v) is 14.3. The van der Waals surface area contributed by atoms with Crippen molar-refractivity contribution in [3.63, 3.8) is 0 Å². The molecule has 272 valence electrons. The summed E-state index contributed by atoms with van der Waals surface area (Å²) in [5.41, 5.74) is 10.5. The second kappa shape index (κ2) is 15.5. The maximum atomic E-state index is 13.7. The first kappa shape index (κ1) is 35.1. The van der Waals surface area contributed by atoms with Gasteiger partial charge in [-0.15, -0.1) is 0 Å². The van der Waals surface area contributed by atoms with Crippen molar-refractivity contribution in [3.05, 3.63) is 161 Å². The third-order valence-electron chi connectivity index (χ3n) is 10.4. The number of hydrogen-bond donors (Lipinski definition) is 1. The quantitative estimate of drug-likeness (QED) is 0.127. The first-order chi connectivity index (χ1) is 26.4. The van der Waals surface area contributed by atoms with Crippen molar-refractivity contribution in [2.75, 3.05) is 0 Å². The molecule has 0 fully saturated rings. The number of imidazole rings is 1. The van der Waals surface area contributed by atoms with Gasteiger partial charge in [-0.1, -0.05) is 110 Å². The lowest BCUT2D eigenvalue weighted by atomic mass is 9.96. The average Bonchev–Trinajstić information content (AvgIpc) is 3.79. The minimum atomic E-state index is -0.435. The fourth-order valence-electron chi connectivity index (χ4n) is 7.50. The summed E-state index contributed by atoms with van der Waals surface area (Å²) in [5.74, 6) is 1.43. The number of carbonyl (C=O) groups is 1. The summed E-state index contributed by atoms with van der Waals surface area (Å²) >= 11 is 0. The molecular formula is C46H45N5O3. The summed E-state index contributed by atoms with van der Waals surface area (Å²) in [4.78, 5) is 21.2. The van der Waals surface area contributed by atoms with Gasteiger partial charge in [0.25, 0.3) is 0 Å². The number of aromatic amines is 1. The van der Waals surface area contributed by atoms with Crippen molar-refractivity contribution in [1.29, 1.82) is 0 Å². The minimum Gasteiger partial charge on any atom is -0.489 e. The molecule has 1 aliphatic heterocycles. The normalized spacial score (nSPS) is 14.3. The molecule has 0 amide bonds. The Bertz CT molecular complexity index is 2370. The van der Waals surface area contributed by atoms with E-state index < -0.39 is 6.04 Å². The zero-order valence-electron chi connectivity index (χ0n) is 31.0. The van der Waals surface area contributed by atoms with E-state index in [9.17, 15) is 4.79 Å². The molecule has 3 heterocycles. The maximum absolute atomic E-state index is 13.7. The van der Waals surface area contributed by atoms with Crippen molar-refractivity contribution in [2.45, 2.75) is 72.0 Å².